The molecule has 1 aromatic heterocycles. The minimum absolute atomic E-state index is 0.206. The topological polar surface area (TPSA) is 80.4 Å². The first-order chi connectivity index (χ1) is 11.9. The van der Waals surface area contributed by atoms with Crippen LogP contribution in [0.2, 0.25) is 5.02 Å². The number of aromatic nitrogens is 1. The molecule has 5 nitrogen and oxygen atoms in total. The quantitative estimate of drug-likeness (QED) is 0.850. The monoisotopic (exact) mass is 376 g/mol. The number of nitrogens with two attached hydrogens (primary N) is 1. The Kier molecular flexibility index (Phi) is 4.78. The van der Waals surface area contributed by atoms with Crippen molar-refractivity contribution in [3.8, 4) is 0 Å². The molecule has 25 heavy (non-hydrogen) atoms. The van der Waals surface area contributed by atoms with E-state index in [1.807, 2.05) is 0 Å². The van der Waals surface area contributed by atoms with Crippen LogP contribution in [0.25, 0.3) is 0 Å². The highest BCUT2D eigenvalue weighted by molar-refractivity contribution is 8.16. The van der Waals surface area contributed by atoms with Crippen LogP contribution in [0.5, 0.6) is 0 Å². The molecule has 128 valence electrons. The number of aliphatic imine (C=N–C) groups is 1. The number of carbonyl (C=O) groups is 1. The van der Waals surface area contributed by atoms with E-state index in [0.29, 0.717) is 21.4 Å². The van der Waals surface area contributed by atoms with Crippen molar-refractivity contribution < 1.29 is 9.18 Å². The highest BCUT2D eigenvalue weighted by atomic mass is 35.5. The average Bonchev–Trinajstić information content (AvgIpc) is 2.57. The molecule has 0 bridgehead atoms. The number of pyridine rings is 1. The van der Waals surface area contributed by atoms with E-state index in [9.17, 15) is 9.18 Å². The molecule has 2 heterocycles. The van der Waals surface area contributed by atoms with Gasteiger partial charge in [-0.15, -0.1) is 0 Å². The van der Waals surface area contributed by atoms with Gasteiger partial charge < -0.3 is 11.1 Å². The van der Waals surface area contributed by atoms with Crippen LogP contribution in [0.15, 0.2) is 53.0 Å². The molecule has 8 heteroatoms. The minimum atomic E-state index is -0.932. The normalized spacial score (nSPS) is 19.4. The van der Waals surface area contributed by atoms with Crippen LogP contribution in [0.4, 0.5) is 10.1 Å². The van der Waals surface area contributed by atoms with Gasteiger partial charge in [0.1, 0.15) is 17.1 Å². The van der Waals surface area contributed by atoms with E-state index in [4.69, 9.17) is 17.3 Å². The Morgan fingerprint density at radius 1 is 1.36 bits per heavy atom. The first kappa shape index (κ1) is 17.4. The van der Waals surface area contributed by atoms with Gasteiger partial charge >= 0.3 is 0 Å². The lowest BCUT2D eigenvalue weighted by molar-refractivity contribution is 0.102. The Bertz CT molecular complexity index is 885. The van der Waals surface area contributed by atoms with E-state index in [0.717, 1.165) is 0 Å². The van der Waals surface area contributed by atoms with Gasteiger partial charge in [0.2, 0.25) is 0 Å². The summed E-state index contributed by atoms with van der Waals surface area (Å²) in [6, 6.07) is 7.38. The summed E-state index contributed by atoms with van der Waals surface area (Å²) in [5, 5.41) is 5.25. The van der Waals surface area contributed by atoms with E-state index in [-0.39, 0.29) is 5.69 Å². The van der Waals surface area contributed by atoms with Crippen molar-refractivity contribution in [1.82, 2.24) is 4.98 Å². The number of amidine groups is 1. The van der Waals surface area contributed by atoms with Crippen molar-refractivity contribution >= 4 is 40.1 Å². The van der Waals surface area contributed by atoms with Gasteiger partial charge in [-0.3, -0.25) is 4.79 Å². The molecule has 0 saturated carbocycles. The summed E-state index contributed by atoms with van der Waals surface area (Å²) >= 11 is 7.03. The molecule has 3 N–H and O–H groups in total. The molecule has 1 aromatic carbocycles. The van der Waals surface area contributed by atoms with Gasteiger partial charge in [0.05, 0.1) is 5.02 Å². The summed E-state index contributed by atoms with van der Waals surface area (Å²) < 4.78 is 14.3. The van der Waals surface area contributed by atoms with Crippen molar-refractivity contribution in [3.63, 3.8) is 0 Å². The molecule has 1 aliphatic rings. The van der Waals surface area contributed by atoms with E-state index in [1.54, 1.807) is 30.5 Å². The zero-order chi connectivity index (χ0) is 18.0. The lowest BCUT2D eigenvalue weighted by Gasteiger charge is -2.26. The largest absolute Gasteiger partial charge is 0.378 e. The Balaban J connectivity index is 1.89. The Hall–Kier alpha value is -2.38. The van der Waals surface area contributed by atoms with Crippen molar-refractivity contribution in [3.05, 3.63) is 70.1 Å². The van der Waals surface area contributed by atoms with Crippen LogP contribution < -0.4 is 11.1 Å². The third kappa shape index (κ3) is 3.83. The molecule has 2 aromatic rings. The Morgan fingerprint density at radius 3 is 2.84 bits per heavy atom. The maximum absolute atomic E-state index is 14.3. The summed E-state index contributed by atoms with van der Waals surface area (Å²) in [4.78, 5) is 20.5. The standard InChI is InChI=1S/C17H14ClFN4OS/c1-17(6-7-25-16(20)23-17)12-8-11(3-4-13(12)19)22-15(24)14-5-2-10(18)9-21-14/h2-9H,1H3,(H2,20,23)(H,22,24)/t17-/m0/s1. The fourth-order valence-electron chi connectivity index (χ4n) is 2.37. The molecular formula is C17H14ClFN4OS. The molecule has 0 unspecified atom stereocenters. The molecule has 0 fully saturated rings. The van der Waals surface area contributed by atoms with Crippen LogP contribution in [-0.2, 0) is 5.54 Å². The van der Waals surface area contributed by atoms with Crippen LogP contribution in [0.1, 0.15) is 23.0 Å². The lowest BCUT2D eigenvalue weighted by atomic mass is 9.92. The zero-order valence-electron chi connectivity index (χ0n) is 13.2. The minimum Gasteiger partial charge on any atom is -0.378 e. The number of hydrogen-bond donors (Lipinski definition) is 2. The maximum atomic E-state index is 14.3. The van der Waals surface area contributed by atoms with Gasteiger partial charge in [-0.1, -0.05) is 23.4 Å². The van der Waals surface area contributed by atoms with Crippen molar-refractivity contribution in [2.45, 2.75) is 12.5 Å². The number of benzene rings is 1. The molecule has 1 atom stereocenters. The zero-order valence-corrected chi connectivity index (χ0v) is 14.7. The van der Waals surface area contributed by atoms with Gasteiger partial charge in [0.15, 0.2) is 5.17 Å². The first-order valence-electron chi connectivity index (χ1n) is 7.30. The van der Waals surface area contributed by atoms with E-state index in [2.05, 4.69) is 15.3 Å². The number of nitrogens with one attached hydrogen (secondary N) is 1. The van der Waals surface area contributed by atoms with E-state index in [1.165, 1.54) is 36.2 Å². The number of halogens is 2. The second-order valence-corrected chi connectivity index (χ2v) is 6.89. The SMILES string of the molecule is C[C@@]1(c2cc(NC(=O)c3ccc(Cl)cn3)ccc2F)C=CSC(N)=N1. The van der Waals surface area contributed by atoms with Gasteiger partial charge in [-0.2, -0.15) is 0 Å². The fourth-order valence-corrected chi connectivity index (χ4v) is 3.20. The van der Waals surface area contributed by atoms with Gasteiger partial charge in [-0.05, 0) is 48.7 Å². The molecular weight excluding hydrogens is 363 g/mol. The van der Waals surface area contributed by atoms with Gasteiger partial charge in [-0.25, -0.2) is 14.4 Å². The summed E-state index contributed by atoms with van der Waals surface area (Å²) in [7, 11) is 0. The van der Waals surface area contributed by atoms with Gasteiger partial charge in [0.25, 0.3) is 5.91 Å². The smallest absolute Gasteiger partial charge is 0.274 e. The van der Waals surface area contributed by atoms with Crippen LogP contribution >= 0.6 is 23.4 Å². The molecule has 0 aliphatic carbocycles. The summed E-state index contributed by atoms with van der Waals surface area (Å²) in [6.07, 6.45) is 3.15. The third-order valence-corrected chi connectivity index (χ3v) is 4.48. The average molecular weight is 377 g/mol. The first-order valence-corrected chi connectivity index (χ1v) is 8.56. The number of carbonyl (C=O) groups excluding carboxylic acids is 1. The predicted molar refractivity (Wildman–Crippen MR) is 99.3 cm³/mol. The Labute approximate surface area is 153 Å². The second kappa shape index (κ2) is 6.85. The van der Waals surface area contributed by atoms with Gasteiger partial charge in [0, 0.05) is 17.4 Å². The number of rotatable bonds is 3. The number of anilines is 1. The predicted octanol–water partition coefficient (Wildman–Crippen LogP) is 3.92. The molecule has 1 aliphatic heterocycles. The summed E-state index contributed by atoms with van der Waals surface area (Å²) in [5.74, 6) is -0.852. The maximum Gasteiger partial charge on any atom is 0.274 e. The molecule has 3 rings (SSSR count). The van der Waals surface area contributed by atoms with Crippen LogP contribution in [-0.4, -0.2) is 16.1 Å². The summed E-state index contributed by atoms with van der Waals surface area (Å²) in [6.45, 7) is 1.75. The summed E-state index contributed by atoms with van der Waals surface area (Å²) in [5.41, 5.74) is 5.77. The highest BCUT2D eigenvalue weighted by Crippen LogP contribution is 2.35. The van der Waals surface area contributed by atoms with Crippen molar-refractivity contribution in [2.24, 2.45) is 10.7 Å². The number of hydrogen-bond acceptors (Lipinski definition) is 5. The molecule has 1 amide bonds. The van der Waals surface area contributed by atoms with Crippen molar-refractivity contribution in [2.75, 3.05) is 5.32 Å². The van der Waals surface area contributed by atoms with E-state index >= 15 is 0 Å². The highest BCUT2D eigenvalue weighted by Gasteiger charge is 2.29. The molecule has 0 spiro atoms. The number of amides is 1. The van der Waals surface area contributed by atoms with Crippen LogP contribution in [0.3, 0.4) is 0 Å². The second-order valence-electron chi connectivity index (χ2n) is 5.53. The molecule has 0 radical (unpaired) electrons. The van der Waals surface area contributed by atoms with Crippen molar-refractivity contribution in [1.29, 1.82) is 0 Å². The lowest BCUT2D eigenvalue weighted by Crippen LogP contribution is -2.25. The number of thioether (sulfide) groups is 1. The Morgan fingerprint density at radius 2 is 2.16 bits per heavy atom. The number of nitrogens with zero attached hydrogens (tertiary/aromatic N) is 2. The fraction of sp³-hybridized carbons (Fsp3) is 0.118. The van der Waals surface area contributed by atoms with E-state index < -0.39 is 17.3 Å². The third-order valence-electron chi connectivity index (χ3n) is 3.65. The molecule has 0 saturated heterocycles. The van der Waals surface area contributed by atoms with Crippen LogP contribution in [0, 0.1) is 5.82 Å².